The Labute approximate surface area is 140 Å². The molecule has 0 spiro atoms. The van der Waals surface area contributed by atoms with E-state index in [-0.39, 0.29) is 9.90 Å². The van der Waals surface area contributed by atoms with Crippen molar-refractivity contribution in [2.75, 3.05) is 11.4 Å². The number of fused-ring (bicyclic) bond motifs is 1. The predicted molar refractivity (Wildman–Crippen MR) is 91.4 cm³/mol. The lowest BCUT2D eigenvalue weighted by atomic mass is 10.3. The number of hydrogen-bond acceptors (Lipinski definition) is 5. The zero-order valence-electron chi connectivity index (χ0n) is 12.2. The fourth-order valence-corrected chi connectivity index (χ4v) is 5.89. The fraction of sp³-hybridized carbons (Fsp3) is 0.154. The van der Waals surface area contributed by atoms with Gasteiger partial charge in [-0.2, -0.15) is 5.84 Å². The van der Waals surface area contributed by atoms with Gasteiger partial charge in [0.25, 0.3) is 15.9 Å². The van der Waals surface area contributed by atoms with Crippen LogP contribution in [0.1, 0.15) is 15.4 Å². The van der Waals surface area contributed by atoms with E-state index >= 15 is 0 Å². The highest BCUT2D eigenvalue weighted by Crippen LogP contribution is 2.39. The molecule has 3 heterocycles. The second-order valence-electron chi connectivity index (χ2n) is 4.79. The van der Waals surface area contributed by atoms with Crippen molar-refractivity contribution in [3.63, 3.8) is 0 Å². The third-order valence-corrected chi connectivity index (χ3v) is 7.57. The number of carbonyl (C=O) groups is 1. The van der Waals surface area contributed by atoms with E-state index in [0.717, 1.165) is 20.9 Å². The molecule has 0 aliphatic heterocycles. The molecule has 0 aromatic carbocycles. The van der Waals surface area contributed by atoms with Crippen LogP contribution in [0, 0.1) is 6.92 Å². The standard InChI is InChI=1S/C13H13N4O3S3/c1-7-12(17(2)23(19,20)10-4-3-5-21-10)11-9(22-7)6-8(15-11)13(18)16-14/h3-6,14-15H,1-2H3,(H,16,18). The summed E-state index contributed by atoms with van der Waals surface area (Å²) in [7, 11) is -2.15. The van der Waals surface area contributed by atoms with E-state index in [1.54, 1.807) is 29.0 Å². The average Bonchev–Trinajstić information content (AvgIpc) is 3.20. The Morgan fingerprint density at radius 1 is 1.43 bits per heavy atom. The maximum Gasteiger partial charge on any atom is 0.282 e. The number of nitrogens with one attached hydrogen (secondary N) is 3. The Balaban J connectivity index is 2.13. The molecule has 0 atom stereocenters. The van der Waals surface area contributed by atoms with Crippen LogP contribution in [0.15, 0.2) is 27.8 Å². The summed E-state index contributed by atoms with van der Waals surface area (Å²) in [6.07, 6.45) is 0. The average molecular weight is 369 g/mol. The highest BCUT2D eigenvalue weighted by atomic mass is 32.2. The molecular weight excluding hydrogens is 356 g/mol. The van der Waals surface area contributed by atoms with Crippen molar-refractivity contribution in [2.45, 2.75) is 11.1 Å². The molecule has 3 aromatic rings. The molecule has 10 heteroatoms. The molecular formula is C13H13N4O3S3. The first kappa shape index (κ1) is 16.0. The van der Waals surface area contributed by atoms with Gasteiger partial charge >= 0.3 is 0 Å². The summed E-state index contributed by atoms with van der Waals surface area (Å²) in [5, 5.41) is 1.71. The van der Waals surface area contributed by atoms with Gasteiger partial charge in [-0.25, -0.2) is 8.42 Å². The van der Waals surface area contributed by atoms with Crippen LogP contribution >= 0.6 is 22.7 Å². The molecule has 0 aliphatic rings. The van der Waals surface area contributed by atoms with Crippen LogP contribution in [0.2, 0.25) is 0 Å². The number of anilines is 1. The second kappa shape index (κ2) is 5.64. The Morgan fingerprint density at radius 2 is 2.17 bits per heavy atom. The van der Waals surface area contributed by atoms with Crippen molar-refractivity contribution >= 4 is 54.5 Å². The molecule has 0 saturated carbocycles. The first-order chi connectivity index (χ1) is 10.9. The third-order valence-electron chi connectivity index (χ3n) is 3.40. The van der Waals surface area contributed by atoms with Crippen LogP contribution in [0.25, 0.3) is 10.2 Å². The Bertz CT molecular complexity index is 970. The van der Waals surface area contributed by atoms with Crippen molar-refractivity contribution in [3.8, 4) is 0 Å². The number of nitrogens with zero attached hydrogens (tertiary/aromatic N) is 1. The molecule has 0 fully saturated rings. The van der Waals surface area contributed by atoms with Crippen molar-refractivity contribution in [3.05, 3.63) is 34.2 Å². The van der Waals surface area contributed by atoms with E-state index in [4.69, 9.17) is 5.84 Å². The number of H-pyrrole nitrogens is 1. The van der Waals surface area contributed by atoms with Gasteiger partial charge < -0.3 is 4.98 Å². The molecule has 0 aliphatic carbocycles. The quantitative estimate of drug-likeness (QED) is 0.689. The van der Waals surface area contributed by atoms with E-state index in [9.17, 15) is 13.2 Å². The number of carbonyl (C=O) groups excluding carboxylic acids is 1. The number of rotatable bonds is 4. The summed E-state index contributed by atoms with van der Waals surface area (Å²) < 4.78 is 27.7. The van der Waals surface area contributed by atoms with E-state index in [2.05, 4.69) is 4.98 Å². The van der Waals surface area contributed by atoms with Crippen molar-refractivity contribution in [2.24, 2.45) is 0 Å². The molecule has 0 unspecified atom stereocenters. The van der Waals surface area contributed by atoms with Crippen LogP contribution in [-0.2, 0) is 10.0 Å². The number of sulfonamides is 1. The van der Waals surface area contributed by atoms with E-state index in [0.29, 0.717) is 11.2 Å². The molecule has 3 aromatic heterocycles. The maximum atomic E-state index is 12.7. The topological polar surface area (TPSA) is 106 Å². The van der Waals surface area contributed by atoms with E-state index in [1.165, 1.54) is 22.7 Å². The van der Waals surface area contributed by atoms with Gasteiger partial charge in [-0.15, -0.1) is 22.7 Å². The monoisotopic (exact) mass is 369 g/mol. The first-order valence-corrected chi connectivity index (χ1v) is 9.61. The van der Waals surface area contributed by atoms with Gasteiger partial charge in [-0.05, 0) is 24.4 Å². The molecule has 0 bridgehead atoms. The van der Waals surface area contributed by atoms with Gasteiger partial charge in [0.05, 0.1) is 15.9 Å². The summed E-state index contributed by atoms with van der Waals surface area (Å²) in [4.78, 5) is 15.3. The van der Waals surface area contributed by atoms with Crippen LogP contribution in [-0.4, -0.2) is 26.4 Å². The molecule has 7 nitrogen and oxygen atoms in total. The minimum atomic E-state index is -3.65. The highest BCUT2D eigenvalue weighted by Gasteiger charge is 2.27. The molecule has 3 N–H and O–H groups in total. The summed E-state index contributed by atoms with van der Waals surface area (Å²) in [5.74, 6) is 6.36. The zero-order chi connectivity index (χ0) is 16.8. The minimum absolute atomic E-state index is 0.226. The molecule has 23 heavy (non-hydrogen) atoms. The van der Waals surface area contributed by atoms with Crippen molar-refractivity contribution in [1.82, 2.24) is 16.3 Å². The summed E-state index contributed by atoms with van der Waals surface area (Å²) in [5.41, 5.74) is 3.12. The van der Waals surface area contributed by atoms with Gasteiger partial charge in [0.15, 0.2) is 0 Å². The number of aromatic nitrogens is 1. The highest BCUT2D eigenvalue weighted by molar-refractivity contribution is 7.94. The first-order valence-electron chi connectivity index (χ1n) is 6.48. The molecule has 1 radical (unpaired) electrons. The fourth-order valence-electron chi connectivity index (χ4n) is 2.32. The minimum Gasteiger partial charge on any atom is -0.348 e. The smallest absolute Gasteiger partial charge is 0.282 e. The summed E-state index contributed by atoms with van der Waals surface area (Å²) in [6, 6.07) is 4.86. The zero-order valence-corrected chi connectivity index (χ0v) is 14.7. The maximum absolute atomic E-state index is 12.7. The van der Waals surface area contributed by atoms with Gasteiger partial charge in [0, 0.05) is 11.9 Å². The number of thiophene rings is 2. The summed E-state index contributed by atoms with van der Waals surface area (Å²) in [6.45, 7) is 1.83. The molecule has 1 amide bonds. The second-order valence-corrected chi connectivity index (χ2v) is 9.19. The van der Waals surface area contributed by atoms with Crippen molar-refractivity contribution < 1.29 is 13.2 Å². The third kappa shape index (κ3) is 2.53. The predicted octanol–water partition coefficient (Wildman–Crippen LogP) is 2.35. The van der Waals surface area contributed by atoms with Gasteiger partial charge in [-0.1, -0.05) is 6.07 Å². The molecule has 3 rings (SSSR count). The van der Waals surface area contributed by atoms with E-state index in [1.807, 2.05) is 6.92 Å². The SMILES string of the molecule is Cc1sc2cc(C(=O)N[NH])[nH]c2c1N(C)S(=O)(=O)c1cccs1. The Morgan fingerprint density at radius 3 is 2.78 bits per heavy atom. The van der Waals surface area contributed by atoms with Crippen LogP contribution in [0.4, 0.5) is 5.69 Å². The normalized spacial score (nSPS) is 11.8. The lowest BCUT2D eigenvalue weighted by Gasteiger charge is -2.18. The van der Waals surface area contributed by atoms with Gasteiger partial charge in [-0.3, -0.25) is 14.5 Å². The Kier molecular flexibility index (Phi) is 3.92. The van der Waals surface area contributed by atoms with Crippen molar-refractivity contribution in [1.29, 1.82) is 0 Å². The number of aryl methyl sites for hydroxylation is 1. The lowest BCUT2D eigenvalue weighted by Crippen LogP contribution is -2.26. The van der Waals surface area contributed by atoms with Crippen LogP contribution in [0.3, 0.4) is 0 Å². The van der Waals surface area contributed by atoms with Crippen LogP contribution in [0.5, 0.6) is 0 Å². The lowest BCUT2D eigenvalue weighted by molar-refractivity contribution is 0.0946. The molecule has 121 valence electrons. The number of hydrogen-bond donors (Lipinski definition) is 2. The Hall–Kier alpha value is -1.88. The number of amides is 1. The van der Waals surface area contributed by atoms with E-state index < -0.39 is 15.9 Å². The summed E-state index contributed by atoms with van der Waals surface area (Å²) >= 11 is 2.55. The van der Waals surface area contributed by atoms with Gasteiger partial charge in [0.2, 0.25) is 0 Å². The van der Waals surface area contributed by atoms with Gasteiger partial charge in [0.1, 0.15) is 9.90 Å². The largest absolute Gasteiger partial charge is 0.348 e. The molecule has 0 saturated heterocycles. The van der Waals surface area contributed by atoms with Crippen LogP contribution < -0.4 is 15.6 Å². The number of aromatic amines is 1.